The highest BCUT2D eigenvalue weighted by atomic mass is 19.4. The van der Waals surface area contributed by atoms with E-state index in [0.29, 0.717) is 22.5 Å². The first kappa shape index (κ1) is 25.7. The molecule has 0 fully saturated rings. The van der Waals surface area contributed by atoms with Gasteiger partial charge in [0.15, 0.2) is 6.10 Å². The normalized spacial score (nSPS) is 17.1. The molecule has 0 bridgehead atoms. The van der Waals surface area contributed by atoms with Crippen molar-refractivity contribution in [3.05, 3.63) is 89.5 Å². The summed E-state index contributed by atoms with van der Waals surface area (Å²) in [5.41, 5.74) is 2.97. The van der Waals surface area contributed by atoms with Crippen molar-refractivity contribution in [2.24, 2.45) is 0 Å². The number of halogens is 6. The minimum absolute atomic E-state index is 0.200. The number of benzene rings is 3. The highest BCUT2D eigenvalue weighted by Crippen LogP contribution is 2.42. The van der Waals surface area contributed by atoms with Gasteiger partial charge in [-0.3, -0.25) is 0 Å². The number of aryl methyl sites for hydroxylation is 1. The number of fused-ring (bicyclic) bond motifs is 1. The quantitative estimate of drug-likeness (QED) is 0.390. The van der Waals surface area contributed by atoms with Crippen molar-refractivity contribution in [1.29, 1.82) is 0 Å². The first-order valence-electron chi connectivity index (χ1n) is 11.2. The number of alkyl halides is 6. The summed E-state index contributed by atoms with van der Waals surface area (Å²) in [6.07, 6.45) is -12.2. The van der Waals surface area contributed by atoms with Crippen LogP contribution in [0.25, 0.3) is 0 Å². The molecule has 0 unspecified atom stereocenters. The third-order valence-electron chi connectivity index (χ3n) is 5.95. The summed E-state index contributed by atoms with van der Waals surface area (Å²) in [6, 6.07) is 19.6. The Morgan fingerprint density at radius 3 is 2.19 bits per heavy atom. The third-order valence-corrected chi connectivity index (χ3v) is 5.95. The van der Waals surface area contributed by atoms with Crippen LogP contribution in [0.15, 0.2) is 72.8 Å². The maximum absolute atomic E-state index is 13.3. The van der Waals surface area contributed by atoms with Crippen LogP contribution in [-0.4, -0.2) is 36.8 Å². The molecule has 3 aromatic rings. The average Bonchev–Trinajstić information content (AvgIpc) is 2.79. The Labute approximate surface area is 204 Å². The Morgan fingerprint density at radius 1 is 0.917 bits per heavy atom. The molecule has 1 aliphatic heterocycles. The van der Waals surface area contributed by atoms with Crippen molar-refractivity contribution >= 4 is 11.4 Å². The van der Waals surface area contributed by atoms with Gasteiger partial charge in [0.1, 0.15) is 5.75 Å². The molecule has 0 saturated heterocycles. The van der Waals surface area contributed by atoms with Gasteiger partial charge >= 0.3 is 12.5 Å². The lowest BCUT2D eigenvalue weighted by Crippen LogP contribution is -2.49. The van der Waals surface area contributed by atoms with Gasteiger partial charge in [-0.05, 0) is 47.9 Å². The maximum Gasteiger partial charge on any atom is 0.573 e. The number of ether oxygens (including phenoxy) is 1. The molecule has 10 heteroatoms. The van der Waals surface area contributed by atoms with E-state index in [4.69, 9.17) is 0 Å². The van der Waals surface area contributed by atoms with Crippen LogP contribution in [0.2, 0.25) is 0 Å². The van der Waals surface area contributed by atoms with Crippen molar-refractivity contribution in [3.63, 3.8) is 0 Å². The molecule has 0 amide bonds. The molecule has 0 radical (unpaired) electrons. The molecule has 1 aliphatic rings. The van der Waals surface area contributed by atoms with E-state index in [1.54, 1.807) is 67.6 Å². The molecule has 0 saturated carbocycles. The lowest BCUT2D eigenvalue weighted by Gasteiger charge is -2.45. The Bertz CT molecular complexity index is 1180. The predicted octanol–water partition coefficient (Wildman–Crippen LogP) is 6.38. The number of aliphatic hydroxyl groups excluding tert-OH is 1. The summed E-state index contributed by atoms with van der Waals surface area (Å²) in [4.78, 5) is 3.45. The van der Waals surface area contributed by atoms with Crippen LogP contribution in [0.4, 0.5) is 37.7 Å². The van der Waals surface area contributed by atoms with Crippen LogP contribution in [-0.2, 0) is 6.54 Å². The molecule has 0 aromatic heterocycles. The lowest BCUT2D eigenvalue weighted by atomic mass is 9.98. The number of para-hydroxylation sites is 2. The average molecular weight is 510 g/mol. The topological polar surface area (TPSA) is 35.9 Å². The second kappa shape index (κ2) is 9.93. The van der Waals surface area contributed by atoms with E-state index < -0.39 is 31.2 Å². The molecule has 0 aliphatic carbocycles. The summed E-state index contributed by atoms with van der Waals surface area (Å²) in [7, 11) is 0. The van der Waals surface area contributed by atoms with Gasteiger partial charge in [-0.1, -0.05) is 48.5 Å². The number of rotatable bonds is 6. The fourth-order valence-electron chi connectivity index (χ4n) is 4.50. The molecular formula is C26H24F6N2O2. The molecule has 3 aromatic carbocycles. The van der Waals surface area contributed by atoms with E-state index in [-0.39, 0.29) is 18.8 Å². The molecule has 0 spiro atoms. The molecule has 36 heavy (non-hydrogen) atoms. The second-order valence-corrected chi connectivity index (χ2v) is 8.71. The number of nitrogens with zero attached hydrogens (tertiary/aromatic N) is 2. The van der Waals surface area contributed by atoms with Crippen LogP contribution < -0.4 is 14.5 Å². The second-order valence-electron chi connectivity index (χ2n) is 8.71. The Balaban J connectivity index is 1.73. The summed E-state index contributed by atoms with van der Waals surface area (Å²) < 4.78 is 82.3. The van der Waals surface area contributed by atoms with E-state index in [1.165, 1.54) is 17.0 Å². The fraction of sp³-hybridized carbons (Fsp3) is 0.308. The molecule has 192 valence electrons. The van der Waals surface area contributed by atoms with Gasteiger partial charge in [0.25, 0.3) is 0 Å². The Kier molecular flexibility index (Phi) is 7.08. The molecule has 1 N–H and O–H groups in total. The number of β-amino-alcohol motifs (C(OH)–C–C–N with tert-alkyl or cyclic N) is 1. The Hall–Kier alpha value is -3.40. The molecule has 4 nitrogen and oxygen atoms in total. The van der Waals surface area contributed by atoms with Crippen molar-refractivity contribution in [3.8, 4) is 5.75 Å². The first-order valence-corrected chi connectivity index (χ1v) is 11.2. The lowest BCUT2D eigenvalue weighted by molar-refractivity contribution is -0.274. The van der Waals surface area contributed by atoms with Crippen LogP contribution in [0.1, 0.15) is 22.7 Å². The van der Waals surface area contributed by atoms with Crippen LogP contribution in [0.5, 0.6) is 5.75 Å². The van der Waals surface area contributed by atoms with Gasteiger partial charge in [-0.2, -0.15) is 13.2 Å². The molecule has 2 atom stereocenters. The largest absolute Gasteiger partial charge is 0.573 e. The van der Waals surface area contributed by atoms with E-state index in [2.05, 4.69) is 4.74 Å². The molecule has 1 heterocycles. The molecule has 4 rings (SSSR count). The number of aliphatic hydroxyl groups is 1. The van der Waals surface area contributed by atoms with Gasteiger partial charge in [0.05, 0.1) is 24.0 Å². The number of hydrogen-bond acceptors (Lipinski definition) is 4. The van der Waals surface area contributed by atoms with Crippen LogP contribution in [0.3, 0.4) is 0 Å². The van der Waals surface area contributed by atoms with Crippen LogP contribution in [0, 0.1) is 6.92 Å². The van der Waals surface area contributed by atoms with Crippen molar-refractivity contribution in [2.75, 3.05) is 22.9 Å². The van der Waals surface area contributed by atoms with Gasteiger partial charge in [0, 0.05) is 13.1 Å². The summed E-state index contributed by atoms with van der Waals surface area (Å²) in [5, 5.41) is 9.90. The standard InChI is InChI=1S/C26H24F6N2O2/c1-17-11-18(13-20(12-17)36-26(30,31)32)14-33-15-23(19-7-3-2-4-8-19)34(16-24(35)25(27,28)29)22-10-6-5-9-21(22)33/h2-13,23-24,35H,14-16H2,1H3/t23-,24+/m0/s1. The zero-order valence-corrected chi connectivity index (χ0v) is 19.2. The van der Waals surface area contributed by atoms with Gasteiger partial charge in [-0.25, -0.2) is 0 Å². The predicted molar refractivity (Wildman–Crippen MR) is 124 cm³/mol. The zero-order valence-electron chi connectivity index (χ0n) is 19.2. The summed E-state index contributed by atoms with van der Waals surface area (Å²) in [6.45, 7) is 1.44. The molecular weight excluding hydrogens is 486 g/mol. The highest BCUT2D eigenvalue weighted by molar-refractivity contribution is 5.74. The van der Waals surface area contributed by atoms with E-state index in [0.717, 1.165) is 5.56 Å². The summed E-state index contributed by atoms with van der Waals surface area (Å²) >= 11 is 0. The maximum atomic E-state index is 13.3. The minimum Gasteiger partial charge on any atom is -0.406 e. The third kappa shape index (κ3) is 6.04. The number of hydrogen-bond donors (Lipinski definition) is 1. The highest BCUT2D eigenvalue weighted by Gasteiger charge is 2.42. The van der Waals surface area contributed by atoms with Crippen molar-refractivity contribution < 1.29 is 36.2 Å². The monoisotopic (exact) mass is 510 g/mol. The minimum atomic E-state index is -4.83. The fourth-order valence-corrected chi connectivity index (χ4v) is 4.50. The smallest absolute Gasteiger partial charge is 0.406 e. The van der Waals surface area contributed by atoms with Gasteiger partial charge in [-0.15, -0.1) is 13.2 Å². The van der Waals surface area contributed by atoms with Crippen molar-refractivity contribution in [2.45, 2.75) is 38.2 Å². The van der Waals surface area contributed by atoms with Crippen molar-refractivity contribution in [1.82, 2.24) is 0 Å². The van der Waals surface area contributed by atoms with E-state index in [1.807, 2.05) is 4.90 Å². The van der Waals surface area contributed by atoms with E-state index in [9.17, 15) is 31.4 Å². The van der Waals surface area contributed by atoms with Gasteiger partial charge < -0.3 is 19.6 Å². The first-order chi connectivity index (χ1) is 16.9. The zero-order chi connectivity index (χ0) is 26.1. The Morgan fingerprint density at radius 2 is 1.56 bits per heavy atom. The van der Waals surface area contributed by atoms with Crippen LogP contribution >= 0.6 is 0 Å². The summed E-state index contributed by atoms with van der Waals surface area (Å²) in [5.74, 6) is -0.336. The number of anilines is 2. The van der Waals surface area contributed by atoms with E-state index >= 15 is 0 Å². The SMILES string of the molecule is Cc1cc(CN2C[C@@H](c3ccccc3)N(C[C@@H](O)C(F)(F)F)c3ccccc32)cc(OC(F)(F)F)c1. The van der Waals surface area contributed by atoms with Gasteiger partial charge in [0.2, 0.25) is 0 Å².